The topological polar surface area (TPSA) is 26.0 Å². The van der Waals surface area contributed by atoms with E-state index in [1.165, 1.54) is 0 Å². The molecule has 4 heteroatoms. The fraction of sp³-hybridized carbons (Fsp3) is 0.625. The first-order valence-electron chi connectivity index (χ1n) is 7.18. The summed E-state index contributed by atoms with van der Waals surface area (Å²) in [5, 5.41) is 0. The van der Waals surface area contributed by atoms with Gasteiger partial charge >= 0.3 is 6.18 Å². The summed E-state index contributed by atoms with van der Waals surface area (Å²) in [5.74, 6) is -1.25. The second-order valence-corrected chi connectivity index (χ2v) is 6.11. The number of alkyl halides is 3. The van der Waals surface area contributed by atoms with E-state index in [0.29, 0.717) is 6.42 Å². The predicted octanol–water partition coefficient (Wildman–Crippen LogP) is 4.67. The summed E-state index contributed by atoms with van der Waals surface area (Å²) >= 11 is 0. The molecule has 20 heavy (non-hydrogen) atoms. The second-order valence-electron chi connectivity index (χ2n) is 6.11. The lowest BCUT2D eigenvalue weighted by Gasteiger charge is -2.34. The number of aryl methyl sites for hydroxylation is 2. The summed E-state index contributed by atoms with van der Waals surface area (Å²) in [6.07, 6.45) is -2.26. The maximum atomic E-state index is 12.9. The van der Waals surface area contributed by atoms with Crippen molar-refractivity contribution in [3.8, 4) is 0 Å². The molecule has 1 aliphatic rings. The number of hydrogen-bond donors (Lipinski definition) is 1. The van der Waals surface area contributed by atoms with Crippen molar-refractivity contribution in [2.45, 2.75) is 51.7 Å². The van der Waals surface area contributed by atoms with Gasteiger partial charge in [-0.15, -0.1) is 0 Å². The molecule has 0 spiro atoms. The van der Waals surface area contributed by atoms with Crippen LogP contribution in [0.3, 0.4) is 0 Å². The van der Waals surface area contributed by atoms with E-state index in [9.17, 15) is 13.2 Å². The molecule has 0 saturated heterocycles. The molecule has 1 nitrogen and oxygen atoms in total. The van der Waals surface area contributed by atoms with Gasteiger partial charge in [-0.25, -0.2) is 0 Å². The minimum Gasteiger partial charge on any atom is -0.324 e. The molecule has 1 saturated carbocycles. The molecule has 0 aliphatic heterocycles. The van der Waals surface area contributed by atoms with Crippen LogP contribution >= 0.6 is 0 Å². The molecule has 112 valence electrons. The van der Waals surface area contributed by atoms with E-state index >= 15 is 0 Å². The molecule has 0 heterocycles. The SMILES string of the molecule is Cc1cc(C)cc(C(N)C2CCCC(C(F)(F)F)C2)c1. The van der Waals surface area contributed by atoms with Crippen LogP contribution in [0, 0.1) is 25.7 Å². The zero-order chi connectivity index (χ0) is 14.9. The second kappa shape index (κ2) is 5.76. The standard InChI is InChI=1S/C16H22F3N/c1-10-6-11(2)8-13(7-10)15(20)12-4-3-5-14(9-12)16(17,18)19/h6-8,12,14-15H,3-5,9,20H2,1-2H3. The van der Waals surface area contributed by atoms with Gasteiger partial charge in [-0.2, -0.15) is 13.2 Å². The summed E-state index contributed by atoms with van der Waals surface area (Å²) < 4.78 is 38.6. The maximum Gasteiger partial charge on any atom is 0.391 e. The van der Waals surface area contributed by atoms with E-state index in [1.54, 1.807) is 0 Å². The number of halogens is 3. The van der Waals surface area contributed by atoms with Gasteiger partial charge in [0, 0.05) is 6.04 Å². The molecule has 0 aromatic heterocycles. The van der Waals surface area contributed by atoms with E-state index in [2.05, 4.69) is 6.07 Å². The summed E-state index contributed by atoms with van der Waals surface area (Å²) in [4.78, 5) is 0. The van der Waals surface area contributed by atoms with E-state index in [1.807, 2.05) is 26.0 Å². The first kappa shape index (κ1) is 15.4. The molecule has 2 N–H and O–H groups in total. The highest BCUT2D eigenvalue weighted by molar-refractivity contribution is 5.31. The summed E-state index contributed by atoms with van der Waals surface area (Å²) in [7, 11) is 0. The Kier molecular flexibility index (Phi) is 4.43. The Morgan fingerprint density at radius 1 is 1.10 bits per heavy atom. The molecule has 0 radical (unpaired) electrons. The van der Waals surface area contributed by atoms with Crippen LogP contribution in [0.5, 0.6) is 0 Å². The van der Waals surface area contributed by atoms with Gasteiger partial charge < -0.3 is 5.73 Å². The Balaban J connectivity index is 2.14. The van der Waals surface area contributed by atoms with Crippen molar-refractivity contribution in [2.24, 2.45) is 17.6 Å². The average molecular weight is 285 g/mol. The third-order valence-corrected chi connectivity index (χ3v) is 4.31. The Hall–Kier alpha value is -1.03. The third-order valence-electron chi connectivity index (χ3n) is 4.31. The van der Waals surface area contributed by atoms with Gasteiger partial charge in [0.05, 0.1) is 5.92 Å². The molecule has 2 rings (SSSR count). The quantitative estimate of drug-likeness (QED) is 0.839. The molecule has 1 aliphatic carbocycles. The van der Waals surface area contributed by atoms with Gasteiger partial charge in [0.2, 0.25) is 0 Å². The van der Waals surface area contributed by atoms with Crippen molar-refractivity contribution in [1.29, 1.82) is 0 Å². The van der Waals surface area contributed by atoms with Gasteiger partial charge in [0.1, 0.15) is 0 Å². The molecule has 3 atom stereocenters. The normalized spacial score (nSPS) is 25.5. The van der Waals surface area contributed by atoms with Crippen molar-refractivity contribution in [3.05, 3.63) is 34.9 Å². The molecule has 1 aromatic rings. The number of benzene rings is 1. The van der Waals surface area contributed by atoms with Crippen molar-refractivity contribution < 1.29 is 13.2 Å². The van der Waals surface area contributed by atoms with Gasteiger partial charge in [0.15, 0.2) is 0 Å². The molecular weight excluding hydrogens is 263 g/mol. The predicted molar refractivity (Wildman–Crippen MR) is 74.3 cm³/mol. The van der Waals surface area contributed by atoms with Crippen molar-refractivity contribution in [3.63, 3.8) is 0 Å². The summed E-state index contributed by atoms with van der Waals surface area (Å²) in [5.41, 5.74) is 9.43. The van der Waals surface area contributed by atoms with E-state index in [0.717, 1.165) is 23.1 Å². The molecule has 0 amide bonds. The Labute approximate surface area is 118 Å². The monoisotopic (exact) mass is 285 g/mol. The molecule has 0 bridgehead atoms. The number of hydrogen-bond acceptors (Lipinski definition) is 1. The van der Waals surface area contributed by atoms with Crippen LogP contribution < -0.4 is 5.73 Å². The summed E-state index contributed by atoms with van der Waals surface area (Å²) in [6.45, 7) is 3.98. The number of rotatable bonds is 2. The molecular formula is C16H22F3N. The Morgan fingerprint density at radius 3 is 2.25 bits per heavy atom. The van der Waals surface area contributed by atoms with Crippen LogP contribution in [0.2, 0.25) is 0 Å². The zero-order valence-electron chi connectivity index (χ0n) is 12.0. The Morgan fingerprint density at radius 2 is 1.70 bits per heavy atom. The fourth-order valence-corrected chi connectivity index (χ4v) is 3.33. The van der Waals surface area contributed by atoms with Gasteiger partial charge in [-0.1, -0.05) is 35.7 Å². The van der Waals surface area contributed by atoms with Crippen LogP contribution in [0.25, 0.3) is 0 Å². The first-order chi connectivity index (χ1) is 9.27. The third kappa shape index (κ3) is 3.54. The largest absolute Gasteiger partial charge is 0.391 e. The van der Waals surface area contributed by atoms with E-state index in [-0.39, 0.29) is 24.8 Å². The van der Waals surface area contributed by atoms with Crippen molar-refractivity contribution in [1.82, 2.24) is 0 Å². The molecule has 1 aromatic carbocycles. The average Bonchev–Trinajstić information content (AvgIpc) is 2.36. The first-order valence-corrected chi connectivity index (χ1v) is 7.18. The lowest BCUT2D eigenvalue weighted by molar-refractivity contribution is -0.186. The summed E-state index contributed by atoms with van der Waals surface area (Å²) in [6, 6.07) is 5.75. The highest BCUT2D eigenvalue weighted by Gasteiger charge is 2.43. The Bertz CT molecular complexity index is 447. The van der Waals surface area contributed by atoms with Crippen molar-refractivity contribution >= 4 is 0 Å². The molecule has 3 unspecified atom stereocenters. The smallest absolute Gasteiger partial charge is 0.324 e. The highest BCUT2D eigenvalue weighted by atomic mass is 19.4. The lowest BCUT2D eigenvalue weighted by atomic mass is 9.76. The fourth-order valence-electron chi connectivity index (χ4n) is 3.33. The van der Waals surface area contributed by atoms with Crippen LogP contribution in [-0.4, -0.2) is 6.18 Å². The minimum atomic E-state index is -4.08. The van der Waals surface area contributed by atoms with E-state index in [4.69, 9.17) is 5.73 Å². The van der Waals surface area contributed by atoms with Crippen molar-refractivity contribution in [2.75, 3.05) is 0 Å². The van der Waals surface area contributed by atoms with Gasteiger partial charge in [-0.05, 0) is 44.6 Å². The lowest BCUT2D eigenvalue weighted by Crippen LogP contribution is -2.33. The maximum absolute atomic E-state index is 12.9. The zero-order valence-corrected chi connectivity index (χ0v) is 12.0. The van der Waals surface area contributed by atoms with Crippen LogP contribution in [0.15, 0.2) is 18.2 Å². The number of nitrogens with two attached hydrogens (primary N) is 1. The highest BCUT2D eigenvalue weighted by Crippen LogP contribution is 2.43. The van der Waals surface area contributed by atoms with Crippen LogP contribution in [-0.2, 0) is 0 Å². The van der Waals surface area contributed by atoms with Crippen LogP contribution in [0.1, 0.15) is 48.4 Å². The minimum absolute atomic E-state index is 0.0726. The molecule has 1 fully saturated rings. The van der Waals surface area contributed by atoms with Gasteiger partial charge in [0.25, 0.3) is 0 Å². The van der Waals surface area contributed by atoms with Crippen LogP contribution in [0.4, 0.5) is 13.2 Å². The van der Waals surface area contributed by atoms with E-state index < -0.39 is 12.1 Å². The van der Waals surface area contributed by atoms with Gasteiger partial charge in [-0.3, -0.25) is 0 Å².